The number of aliphatic hydroxyl groups is 1. The van der Waals surface area contributed by atoms with Crippen molar-refractivity contribution in [3.63, 3.8) is 0 Å². The smallest absolute Gasteiger partial charge is 0.309 e. The number of ether oxygens (including phenoxy) is 1. The monoisotopic (exact) mass is 791 g/mol. The topological polar surface area (TPSA) is 124 Å². The van der Waals surface area contributed by atoms with Crippen molar-refractivity contribution in [1.82, 2.24) is 9.80 Å². The molecule has 0 spiro atoms. The lowest BCUT2D eigenvalue weighted by Crippen LogP contribution is -2.66. The van der Waals surface area contributed by atoms with Crippen LogP contribution in [0.1, 0.15) is 152 Å². The Morgan fingerprint density at radius 2 is 1.49 bits per heavy atom. The summed E-state index contributed by atoms with van der Waals surface area (Å²) >= 11 is 0. The molecule has 57 heavy (non-hydrogen) atoms. The number of rotatable bonds is 8. The number of aliphatic carboxylic acids is 1. The van der Waals surface area contributed by atoms with Gasteiger partial charge < -0.3 is 19.8 Å². The molecule has 6 aliphatic carbocycles. The molecule has 8 rings (SSSR count). The van der Waals surface area contributed by atoms with Crippen molar-refractivity contribution < 1.29 is 34.1 Å². The van der Waals surface area contributed by atoms with Gasteiger partial charge in [-0.2, -0.15) is 0 Å². The largest absolute Gasteiger partial charge is 0.481 e. The molecular formula is C48H74N2O7. The number of nitrogens with zero attached hydrogens (tertiary/aromatic N) is 2. The first-order chi connectivity index (χ1) is 26.7. The molecule has 9 nitrogen and oxygen atoms in total. The number of carboxylic acids is 1. The molecule has 9 heteroatoms. The summed E-state index contributed by atoms with van der Waals surface area (Å²) in [6, 6.07) is 0.318. The maximum atomic E-state index is 15.4. The third kappa shape index (κ3) is 5.78. The standard InChI is InChI=1S/C48H74N2O7/c1-28(2)38-34(52)25-48(42(56)50-23-11-12-29(50)26-49-22-10-13-30(49)27-51)21-20-46(8)31(39(38)48)14-15-36-45(7)18-17-37(44(5,6)35(45)16-19-47(36,46)9)57-41(55)33-24-32(40(53)54)43(33,3)4/h28-33,35-37,51H,10-27H2,1-9H3,(H,53,54)/t29?,30?,31-,32+,33-,35+,36-,37+,45+,46-,47-,48-/m1/s1. The van der Waals surface area contributed by atoms with Gasteiger partial charge in [0.05, 0.1) is 23.9 Å². The van der Waals surface area contributed by atoms with E-state index in [9.17, 15) is 24.6 Å². The molecule has 2 aliphatic heterocycles. The second-order valence-corrected chi connectivity index (χ2v) is 22.8. The van der Waals surface area contributed by atoms with Crippen LogP contribution in [-0.4, -0.2) is 88.1 Å². The number of likely N-dealkylation sites (tertiary alicyclic amines) is 2. The minimum Gasteiger partial charge on any atom is -0.481 e. The Balaban J connectivity index is 1.06. The van der Waals surface area contributed by atoms with Crippen LogP contribution in [0.5, 0.6) is 0 Å². The maximum absolute atomic E-state index is 15.4. The van der Waals surface area contributed by atoms with Crippen molar-refractivity contribution in [3.8, 4) is 0 Å². The molecule has 0 radical (unpaired) electrons. The third-order valence-electron chi connectivity index (χ3n) is 19.7. The van der Waals surface area contributed by atoms with Crippen LogP contribution in [-0.2, 0) is 23.9 Å². The number of hydrogen-bond donors (Lipinski definition) is 2. The molecular weight excluding hydrogens is 717 g/mol. The highest BCUT2D eigenvalue weighted by Gasteiger charge is 2.71. The summed E-state index contributed by atoms with van der Waals surface area (Å²) in [6.07, 6.45) is 12.3. The van der Waals surface area contributed by atoms with E-state index in [-0.39, 0.29) is 81.9 Å². The Morgan fingerprint density at radius 3 is 2.16 bits per heavy atom. The van der Waals surface area contributed by atoms with E-state index in [0.717, 1.165) is 102 Å². The zero-order valence-electron chi connectivity index (χ0n) is 36.8. The van der Waals surface area contributed by atoms with Crippen LogP contribution in [0.15, 0.2) is 11.1 Å². The van der Waals surface area contributed by atoms with Crippen LogP contribution in [0.3, 0.4) is 0 Å². The zero-order valence-corrected chi connectivity index (χ0v) is 36.8. The van der Waals surface area contributed by atoms with Crippen LogP contribution < -0.4 is 0 Å². The predicted octanol–water partition coefficient (Wildman–Crippen LogP) is 8.07. The number of allylic oxidation sites excluding steroid dienone is 1. The molecule has 7 fully saturated rings. The molecule has 2 saturated heterocycles. The normalized spacial score (nSPS) is 44.9. The summed E-state index contributed by atoms with van der Waals surface area (Å²) in [4.78, 5) is 59.8. The van der Waals surface area contributed by atoms with Crippen molar-refractivity contribution in [1.29, 1.82) is 0 Å². The van der Waals surface area contributed by atoms with Crippen LogP contribution in [0.25, 0.3) is 0 Å². The molecule has 8 aliphatic rings. The molecule has 0 bridgehead atoms. The van der Waals surface area contributed by atoms with Crippen LogP contribution in [0.4, 0.5) is 0 Å². The summed E-state index contributed by atoms with van der Waals surface area (Å²) in [5.41, 5.74) is 0.668. The number of aliphatic hydroxyl groups excluding tert-OH is 1. The third-order valence-corrected chi connectivity index (χ3v) is 19.7. The van der Waals surface area contributed by atoms with Crippen LogP contribution in [0, 0.1) is 68.0 Å². The van der Waals surface area contributed by atoms with Crippen molar-refractivity contribution in [3.05, 3.63) is 11.1 Å². The Labute approximate surface area is 342 Å². The van der Waals surface area contributed by atoms with E-state index < -0.39 is 22.7 Å². The van der Waals surface area contributed by atoms with Gasteiger partial charge in [0.1, 0.15) is 6.10 Å². The van der Waals surface area contributed by atoms with Gasteiger partial charge in [-0.1, -0.05) is 62.3 Å². The molecule has 1 amide bonds. The molecule has 0 aromatic heterocycles. The first-order valence-corrected chi connectivity index (χ1v) is 23.1. The number of carbonyl (C=O) groups is 4. The van der Waals surface area contributed by atoms with Gasteiger partial charge in [-0.15, -0.1) is 0 Å². The summed E-state index contributed by atoms with van der Waals surface area (Å²) in [5.74, 6) is -0.395. The Morgan fingerprint density at radius 1 is 0.789 bits per heavy atom. The van der Waals surface area contributed by atoms with Gasteiger partial charge in [0, 0.05) is 37.0 Å². The van der Waals surface area contributed by atoms with Crippen LogP contribution >= 0.6 is 0 Å². The van der Waals surface area contributed by atoms with E-state index >= 15 is 4.79 Å². The summed E-state index contributed by atoms with van der Waals surface area (Å²) in [6.45, 7) is 23.1. The average molecular weight is 791 g/mol. The van der Waals surface area contributed by atoms with Crippen molar-refractivity contribution >= 4 is 23.6 Å². The summed E-state index contributed by atoms with van der Waals surface area (Å²) in [5, 5.41) is 19.8. The molecule has 5 saturated carbocycles. The van der Waals surface area contributed by atoms with Crippen molar-refractivity contribution in [2.75, 3.05) is 26.2 Å². The Kier molecular flexibility index (Phi) is 10.1. The van der Waals surface area contributed by atoms with E-state index in [2.05, 4.69) is 58.3 Å². The van der Waals surface area contributed by atoms with Crippen molar-refractivity contribution in [2.24, 2.45) is 68.0 Å². The van der Waals surface area contributed by atoms with E-state index in [1.54, 1.807) is 0 Å². The number of amides is 1. The van der Waals surface area contributed by atoms with E-state index in [1.807, 2.05) is 13.8 Å². The first-order valence-electron chi connectivity index (χ1n) is 23.1. The highest BCUT2D eigenvalue weighted by Crippen LogP contribution is 2.77. The molecule has 0 aromatic carbocycles. The molecule has 2 unspecified atom stereocenters. The SMILES string of the molecule is CC(C)C1=C2[C@H]3CC[C@@H]4[C@@]5(C)CC[C@H](OC(=O)[C@H]6C[C@@H](C(=O)O)C6(C)C)C(C)(C)[C@@H]5CC[C@@]4(C)[C@]3(C)CC[C@@]2(C(=O)N2CCCC2CN2CCCC2CO)CC1=O. The van der Waals surface area contributed by atoms with Gasteiger partial charge >= 0.3 is 11.9 Å². The highest BCUT2D eigenvalue weighted by molar-refractivity contribution is 6.07. The van der Waals surface area contributed by atoms with E-state index in [4.69, 9.17) is 4.74 Å². The fourth-order valence-corrected chi connectivity index (χ4v) is 16.2. The van der Waals surface area contributed by atoms with Gasteiger partial charge in [0.2, 0.25) is 5.91 Å². The molecule has 12 atom stereocenters. The lowest BCUT2D eigenvalue weighted by Gasteiger charge is -2.72. The molecule has 2 heterocycles. The average Bonchev–Trinajstić information content (AvgIpc) is 3.86. The molecule has 2 N–H and O–H groups in total. The fraction of sp³-hybridized carbons (Fsp3) is 0.875. The van der Waals surface area contributed by atoms with Gasteiger partial charge in [0.25, 0.3) is 0 Å². The van der Waals surface area contributed by atoms with Gasteiger partial charge in [-0.05, 0) is 146 Å². The van der Waals surface area contributed by atoms with Gasteiger partial charge in [-0.25, -0.2) is 0 Å². The van der Waals surface area contributed by atoms with E-state index in [0.29, 0.717) is 24.7 Å². The summed E-state index contributed by atoms with van der Waals surface area (Å²) < 4.78 is 6.44. The molecule has 318 valence electrons. The number of ketones is 1. The Hall–Kier alpha value is -2.26. The number of carboxylic acid groups (broad SMARTS) is 1. The second-order valence-electron chi connectivity index (χ2n) is 22.8. The minimum atomic E-state index is -0.830. The first kappa shape index (κ1) is 41.5. The second kappa shape index (κ2) is 13.9. The number of carbonyl (C=O) groups excluding carboxylic acids is 3. The number of hydrogen-bond acceptors (Lipinski definition) is 7. The summed E-state index contributed by atoms with van der Waals surface area (Å²) in [7, 11) is 0. The lowest BCUT2D eigenvalue weighted by atomic mass is 9.33. The Bertz CT molecular complexity index is 1720. The number of Topliss-reactive ketones (excluding diaryl/α,β-unsaturated/α-hetero) is 1. The zero-order chi connectivity index (χ0) is 41.2. The minimum absolute atomic E-state index is 0.0315. The van der Waals surface area contributed by atoms with Crippen molar-refractivity contribution in [2.45, 2.75) is 170 Å². The molecule has 0 aromatic rings. The van der Waals surface area contributed by atoms with E-state index in [1.165, 1.54) is 5.57 Å². The highest BCUT2D eigenvalue weighted by atomic mass is 16.5. The quantitative estimate of drug-likeness (QED) is 0.237. The van der Waals surface area contributed by atoms with Gasteiger partial charge in [0.15, 0.2) is 5.78 Å². The van der Waals surface area contributed by atoms with Gasteiger partial charge in [-0.3, -0.25) is 24.1 Å². The predicted molar refractivity (Wildman–Crippen MR) is 219 cm³/mol. The lowest BCUT2D eigenvalue weighted by molar-refractivity contribution is -0.236. The number of fused-ring (bicyclic) bond motifs is 7. The number of esters is 1. The fourth-order valence-electron chi connectivity index (χ4n) is 16.2. The van der Waals surface area contributed by atoms with Crippen LogP contribution in [0.2, 0.25) is 0 Å². The maximum Gasteiger partial charge on any atom is 0.309 e.